The molecule has 1 atom stereocenters. The molecule has 1 heterocycles. The standard InChI is InChI=1S/C22H17BrO3/c1-25-17-11-12-18-19(13-17)26-22(24)21(15-7-9-16(23)10-8-15)20(18)14-5-3-2-4-6-14/h2-10,12-13,17H,11H2,1H3. The molecule has 3 nitrogen and oxygen atoms in total. The normalized spacial score (nSPS) is 15.7. The molecule has 4 heteroatoms. The van der Waals surface area contributed by atoms with Gasteiger partial charge in [-0.25, -0.2) is 4.79 Å². The van der Waals surface area contributed by atoms with Gasteiger partial charge < -0.3 is 9.15 Å². The molecule has 1 unspecified atom stereocenters. The summed E-state index contributed by atoms with van der Waals surface area (Å²) in [5, 5.41) is 0.946. The van der Waals surface area contributed by atoms with E-state index in [1.54, 1.807) is 7.11 Å². The molecule has 1 aromatic heterocycles. The quantitative estimate of drug-likeness (QED) is 0.662. The van der Waals surface area contributed by atoms with Gasteiger partial charge in [0.2, 0.25) is 0 Å². The highest BCUT2D eigenvalue weighted by atomic mass is 79.9. The lowest BCUT2D eigenvalue weighted by molar-refractivity contribution is 0.156. The molecule has 0 spiro atoms. The largest absolute Gasteiger partial charge is 0.422 e. The van der Waals surface area contributed by atoms with E-state index in [9.17, 15) is 4.79 Å². The molecule has 2 aromatic carbocycles. The molecule has 0 fully saturated rings. The van der Waals surface area contributed by atoms with Crippen molar-refractivity contribution < 1.29 is 9.15 Å². The van der Waals surface area contributed by atoms with Gasteiger partial charge >= 0.3 is 5.63 Å². The third-order valence-electron chi connectivity index (χ3n) is 4.58. The van der Waals surface area contributed by atoms with Crippen LogP contribution in [-0.2, 0) is 4.74 Å². The number of ether oxygens (including phenoxy) is 1. The lowest BCUT2D eigenvalue weighted by Crippen LogP contribution is -2.37. The van der Waals surface area contributed by atoms with E-state index in [-0.39, 0.29) is 11.7 Å². The van der Waals surface area contributed by atoms with Gasteiger partial charge in [-0.2, -0.15) is 0 Å². The molecule has 0 amide bonds. The van der Waals surface area contributed by atoms with Crippen molar-refractivity contribution in [3.8, 4) is 22.3 Å². The molecule has 0 N–H and O–H groups in total. The van der Waals surface area contributed by atoms with Gasteiger partial charge in [-0.05, 0) is 35.8 Å². The summed E-state index contributed by atoms with van der Waals surface area (Å²) in [4.78, 5) is 12.9. The maximum Gasteiger partial charge on any atom is 0.344 e. The van der Waals surface area contributed by atoms with E-state index < -0.39 is 0 Å². The molecule has 0 bridgehead atoms. The number of halogens is 1. The Morgan fingerprint density at radius 1 is 1.00 bits per heavy atom. The Kier molecular flexibility index (Phi) is 4.62. The zero-order valence-electron chi connectivity index (χ0n) is 14.2. The molecule has 0 saturated heterocycles. The lowest BCUT2D eigenvalue weighted by atomic mass is 9.93. The van der Waals surface area contributed by atoms with E-state index in [0.717, 1.165) is 32.8 Å². The van der Waals surface area contributed by atoms with Crippen LogP contribution in [0.25, 0.3) is 34.4 Å². The third-order valence-corrected chi connectivity index (χ3v) is 5.11. The van der Waals surface area contributed by atoms with E-state index in [0.29, 0.717) is 11.0 Å². The molecule has 1 aliphatic carbocycles. The highest BCUT2D eigenvalue weighted by molar-refractivity contribution is 9.10. The molecule has 26 heavy (non-hydrogen) atoms. The van der Waals surface area contributed by atoms with Crippen molar-refractivity contribution in [2.24, 2.45) is 0 Å². The van der Waals surface area contributed by atoms with Gasteiger partial charge in [0, 0.05) is 22.4 Å². The van der Waals surface area contributed by atoms with Gasteiger partial charge in [0.25, 0.3) is 0 Å². The lowest BCUT2D eigenvalue weighted by Gasteiger charge is -2.15. The molecule has 0 radical (unpaired) electrons. The van der Waals surface area contributed by atoms with Crippen LogP contribution in [0.5, 0.6) is 0 Å². The molecular formula is C22H17BrO3. The Morgan fingerprint density at radius 2 is 1.69 bits per heavy atom. The minimum atomic E-state index is -0.341. The Balaban J connectivity index is 2.10. The second kappa shape index (κ2) is 7.06. The first-order valence-electron chi connectivity index (χ1n) is 8.40. The van der Waals surface area contributed by atoms with E-state index in [2.05, 4.69) is 22.0 Å². The van der Waals surface area contributed by atoms with Gasteiger partial charge in [-0.15, -0.1) is 0 Å². The van der Waals surface area contributed by atoms with Crippen LogP contribution < -0.4 is 16.3 Å². The molecule has 3 aromatic rings. The van der Waals surface area contributed by atoms with Crippen molar-refractivity contribution in [2.45, 2.75) is 12.5 Å². The van der Waals surface area contributed by atoms with Gasteiger partial charge in [0.15, 0.2) is 0 Å². The first-order valence-corrected chi connectivity index (χ1v) is 9.20. The number of rotatable bonds is 3. The maximum atomic E-state index is 12.9. The van der Waals surface area contributed by atoms with Crippen molar-refractivity contribution in [3.63, 3.8) is 0 Å². The van der Waals surface area contributed by atoms with Gasteiger partial charge in [0.1, 0.15) is 5.42 Å². The average Bonchev–Trinajstić information content (AvgIpc) is 2.68. The molecule has 4 rings (SSSR count). The Labute approximate surface area is 159 Å². The summed E-state index contributed by atoms with van der Waals surface area (Å²) >= 11 is 3.45. The first kappa shape index (κ1) is 17.0. The highest BCUT2D eigenvalue weighted by Crippen LogP contribution is 2.27. The summed E-state index contributed by atoms with van der Waals surface area (Å²) < 4.78 is 12.0. The number of hydrogen-bond donors (Lipinski definition) is 0. The number of benzene rings is 2. The van der Waals surface area contributed by atoms with E-state index in [1.165, 1.54) is 0 Å². The van der Waals surface area contributed by atoms with Gasteiger partial charge in [-0.1, -0.05) is 64.5 Å². The van der Waals surface area contributed by atoms with Crippen LogP contribution in [0.4, 0.5) is 0 Å². The van der Waals surface area contributed by atoms with Crippen molar-refractivity contribution in [1.82, 2.24) is 0 Å². The predicted octanol–water partition coefficient (Wildman–Crippen LogP) is 3.72. The Morgan fingerprint density at radius 3 is 2.38 bits per heavy atom. The summed E-state index contributed by atoms with van der Waals surface area (Å²) in [6.07, 6.45) is 4.65. The zero-order valence-corrected chi connectivity index (χ0v) is 15.8. The first-order chi connectivity index (χ1) is 12.7. The van der Waals surface area contributed by atoms with Crippen LogP contribution in [-0.4, -0.2) is 13.2 Å². The Bertz CT molecular complexity index is 1110. The van der Waals surface area contributed by atoms with Crippen molar-refractivity contribution in [3.05, 3.63) is 80.1 Å². The fraction of sp³-hybridized carbons (Fsp3) is 0.136. The molecule has 130 valence electrons. The average molecular weight is 409 g/mol. The second-order valence-electron chi connectivity index (χ2n) is 6.17. The summed E-state index contributed by atoms with van der Waals surface area (Å²) in [5.74, 6) is 0. The van der Waals surface area contributed by atoms with Crippen molar-refractivity contribution in [1.29, 1.82) is 0 Å². The summed E-state index contributed by atoms with van der Waals surface area (Å²) in [5.41, 5.74) is 3.56. The molecule has 0 saturated carbocycles. The zero-order chi connectivity index (χ0) is 18.1. The van der Waals surface area contributed by atoms with Crippen molar-refractivity contribution in [2.75, 3.05) is 7.11 Å². The van der Waals surface area contributed by atoms with E-state index in [4.69, 9.17) is 9.15 Å². The fourth-order valence-electron chi connectivity index (χ4n) is 3.31. The minimum Gasteiger partial charge on any atom is -0.422 e. The van der Waals surface area contributed by atoms with Crippen LogP contribution in [0, 0.1) is 0 Å². The van der Waals surface area contributed by atoms with Crippen LogP contribution in [0.1, 0.15) is 6.42 Å². The maximum absolute atomic E-state index is 12.9. The SMILES string of the molecule is COC1C=c2oc(=O)c(-c3ccc(Br)cc3)c(-c3ccccc3)c2=CC1. The number of hydrogen-bond acceptors (Lipinski definition) is 3. The monoisotopic (exact) mass is 408 g/mol. The summed E-state index contributed by atoms with van der Waals surface area (Å²) in [6, 6.07) is 17.7. The molecule has 0 aliphatic heterocycles. The van der Waals surface area contributed by atoms with Crippen LogP contribution in [0.2, 0.25) is 0 Å². The summed E-state index contributed by atoms with van der Waals surface area (Å²) in [7, 11) is 1.66. The predicted molar refractivity (Wildman–Crippen MR) is 107 cm³/mol. The second-order valence-corrected chi connectivity index (χ2v) is 7.09. The number of fused-ring (bicyclic) bond motifs is 1. The summed E-state index contributed by atoms with van der Waals surface area (Å²) in [6.45, 7) is 0. The topological polar surface area (TPSA) is 39.4 Å². The molecular weight excluding hydrogens is 392 g/mol. The van der Waals surface area contributed by atoms with Gasteiger partial charge in [0.05, 0.1) is 11.7 Å². The van der Waals surface area contributed by atoms with E-state index in [1.807, 2.05) is 60.7 Å². The van der Waals surface area contributed by atoms with Crippen LogP contribution in [0.3, 0.4) is 0 Å². The van der Waals surface area contributed by atoms with Crippen molar-refractivity contribution >= 4 is 28.1 Å². The number of methoxy groups -OCH3 is 1. The fourth-order valence-corrected chi connectivity index (χ4v) is 3.58. The third kappa shape index (κ3) is 3.06. The highest BCUT2D eigenvalue weighted by Gasteiger charge is 2.19. The van der Waals surface area contributed by atoms with Crippen LogP contribution >= 0.6 is 15.9 Å². The van der Waals surface area contributed by atoms with Crippen LogP contribution in [0.15, 0.2) is 68.3 Å². The van der Waals surface area contributed by atoms with E-state index >= 15 is 0 Å². The van der Waals surface area contributed by atoms with Gasteiger partial charge in [-0.3, -0.25) is 0 Å². The Hall–Kier alpha value is -2.43. The minimum absolute atomic E-state index is 0.0761. The molecule has 1 aliphatic rings. The smallest absolute Gasteiger partial charge is 0.344 e.